The number of fused-ring (bicyclic) bond motifs is 1. The van der Waals surface area contributed by atoms with E-state index in [-0.39, 0.29) is 16.4 Å². The minimum absolute atomic E-state index is 0.128. The zero-order chi connectivity index (χ0) is 21.3. The molecule has 0 aliphatic rings. The van der Waals surface area contributed by atoms with Crippen molar-refractivity contribution >= 4 is 34.3 Å². The fraction of sp³-hybridized carbons (Fsp3) is 0.286. The molecule has 0 saturated heterocycles. The highest BCUT2D eigenvalue weighted by Crippen LogP contribution is 2.34. The second-order valence-electron chi connectivity index (χ2n) is 6.89. The van der Waals surface area contributed by atoms with Crippen molar-refractivity contribution in [2.45, 2.75) is 44.1 Å². The molecular formula is C21H20F3N3OS. The molecule has 0 radical (unpaired) electrons. The van der Waals surface area contributed by atoms with E-state index in [1.165, 1.54) is 6.07 Å². The van der Waals surface area contributed by atoms with Crippen LogP contribution >= 0.6 is 11.8 Å². The van der Waals surface area contributed by atoms with Crippen LogP contribution in [0, 0.1) is 20.8 Å². The van der Waals surface area contributed by atoms with E-state index >= 15 is 0 Å². The second kappa shape index (κ2) is 8.02. The van der Waals surface area contributed by atoms with Gasteiger partial charge in [0.15, 0.2) is 0 Å². The van der Waals surface area contributed by atoms with Crippen molar-refractivity contribution in [1.29, 1.82) is 0 Å². The maximum Gasteiger partial charge on any atom is 0.451 e. The van der Waals surface area contributed by atoms with Gasteiger partial charge in [0.1, 0.15) is 5.03 Å². The van der Waals surface area contributed by atoms with Gasteiger partial charge in [-0.2, -0.15) is 13.2 Å². The van der Waals surface area contributed by atoms with Crippen LogP contribution in [0.15, 0.2) is 41.4 Å². The van der Waals surface area contributed by atoms with E-state index < -0.39 is 17.3 Å². The van der Waals surface area contributed by atoms with Crippen LogP contribution in [-0.2, 0) is 11.0 Å². The molecule has 1 N–H and O–H groups in total. The lowest BCUT2D eigenvalue weighted by Gasteiger charge is -2.17. The highest BCUT2D eigenvalue weighted by atomic mass is 32.2. The standard InChI is InChI=1S/C21H20F3N3OS/c1-11-9-12(2)17(13(3)10-11)26-18(28)14(4)29-19-15-7-5-6-8-16(15)25-20(27-19)21(22,23)24/h5-10,14H,1-4H3,(H,26,28). The van der Waals surface area contributed by atoms with Crippen molar-refractivity contribution < 1.29 is 18.0 Å². The monoisotopic (exact) mass is 419 g/mol. The van der Waals surface area contributed by atoms with E-state index in [9.17, 15) is 18.0 Å². The van der Waals surface area contributed by atoms with E-state index in [0.717, 1.165) is 34.1 Å². The Labute approximate surface area is 170 Å². The summed E-state index contributed by atoms with van der Waals surface area (Å²) in [5, 5.41) is 2.84. The van der Waals surface area contributed by atoms with Crippen molar-refractivity contribution in [3.63, 3.8) is 0 Å². The number of carbonyl (C=O) groups is 1. The number of rotatable bonds is 4. The average Bonchev–Trinajstić information content (AvgIpc) is 2.63. The second-order valence-corrected chi connectivity index (χ2v) is 8.22. The molecule has 0 bridgehead atoms. The number of para-hydroxylation sites is 1. The van der Waals surface area contributed by atoms with Gasteiger partial charge < -0.3 is 5.32 Å². The van der Waals surface area contributed by atoms with Gasteiger partial charge >= 0.3 is 6.18 Å². The molecule has 4 nitrogen and oxygen atoms in total. The maximum atomic E-state index is 13.2. The Morgan fingerprint density at radius 1 is 1.07 bits per heavy atom. The molecule has 0 spiro atoms. The van der Waals surface area contributed by atoms with Gasteiger partial charge in [-0.3, -0.25) is 4.79 Å². The fourth-order valence-corrected chi connectivity index (χ4v) is 4.03. The number of carbonyl (C=O) groups excluding carboxylic acids is 1. The fourth-order valence-electron chi connectivity index (χ4n) is 3.09. The number of hydrogen-bond acceptors (Lipinski definition) is 4. The average molecular weight is 419 g/mol. The van der Waals surface area contributed by atoms with Gasteiger partial charge in [0, 0.05) is 11.1 Å². The lowest BCUT2D eigenvalue weighted by molar-refractivity contribution is -0.145. The first-order valence-electron chi connectivity index (χ1n) is 8.95. The minimum atomic E-state index is -4.67. The molecule has 8 heteroatoms. The van der Waals surface area contributed by atoms with E-state index in [1.54, 1.807) is 25.1 Å². The quantitative estimate of drug-likeness (QED) is 0.436. The lowest BCUT2D eigenvalue weighted by atomic mass is 10.1. The number of alkyl halides is 3. The third-order valence-corrected chi connectivity index (χ3v) is 5.51. The van der Waals surface area contributed by atoms with Gasteiger partial charge in [-0.1, -0.05) is 47.7 Å². The number of aryl methyl sites for hydroxylation is 3. The number of aromatic nitrogens is 2. The Kier molecular flexibility index (Phi) is 5.84. The van der Waals surface area contributed by atoms with Crippen LogP contribution < -0.4 is 5.32 Å². The number of thioether (sulfide) groups is 1. The van der Waals surface area contributed by atoms with Gasteiger partial charge in [-0.15, -0.1) is 0 Å². The molecule has 3 rings (SSSR count). The molecule has 1 aromatic heterocycles. The van der Waals surface area contributed by atoms with Gasteiger partial charge in [0.05, 0.1) is 10.8 Å². The summed E-state index contributed by atoms with van der Waals surface area (Å²) in [4.78, 5) is 20.0. The highest BCUT2D eigenvalue weighted by Gasteiger charge is 2.36. The summed E-state index contributed by atoms with van der Waals surface area (Å²) in [5.41, 5.74) is 3.86. The van der Waals surface area contributed by atoms with Crippen molar-refractivity contribution in [2.75, 3.05) is 5.32 Å². The Balaban J connectivity index is 1.89. The topological polar surface area (TPSA) is 54.9 Å². The molecule has 1 heterocycles. The van der Waals surface area contributed by atoms with E-state index in [1.807, 2.05) is 32.9 Å². The number of anilines is 1. The first kappa shape index (κ1) is 21.1. The summed E-state index contributed by atoms with van der Waals surface area (Å²) >= 11 is 0.982. The largest absolute Gasteiger partial charge is 0.451 e. The van der Waals surface area contributed by atoms with Crippen LogP contribution in [-0.4, -0.2) is 21.1 Å². The third-order valence-electron chi connectivity index (χ3n) is 4.40. The molecule has 0 aliphatic heterocycles. The van der Waals surface area contributed by atoms with Gasteiger partial charge in [-0.25, -0.2) is 9.97 Å². The van der Waals surface area contributed by atoms with Crippen LogP contribution in [0.2, 0.25) is 0 Å². The number of nitrogens with zero attached hydrogens (tertiary/aromatic N) is 2. The molecule has 0 aliphatic carbocycles. The van der Waals surface area contributed by atoms with E-state index in [2.05, 4.69) is 15.3 Å². The van der Waals surface area contributed by atoms with Gasteiger partial charge in [0.25, 0.3) is 0 Å². The van der Waals surface area contributed by atoms with Crippen LogP contribution in [0.5, 0.6) is 0 Å². The highest BCUT2D eigenvalue weighted by molar-refractivity contribution is 8.00. The van der Waals surface area contributed by atoms with Crippen molar-refractivity contribution in [1.82, 2.24) is 9.97 Å². The first-order chi connectivity index (χ1) is 13.6. The number of hydrogen-bond donors (Lipinski definition) is 1. The smallest absolute Gasteiger partial charge is 0.325 e. The molecular weight excluding hydrogens is 399 g/mol. The Morgan fingerprint density at radius 3 is 2.31 bits per heavy atom. The maximum absolute atomic E-state index is 13.2. The van der Waals surface area contributed by atoms with E-state index in [4.69, 9.17) is 0 Å². The van der Waals surface area contributed by atoms with Crippen molar-refractivity contribution in [3.05, 3.63) is 58.9 Å². The van der Waals surface area contributed by atoms with Gasteiger partial charge in [0.2, 0.25) is 11.7 Å². The number of halogens is 3. The van der Waals surface area contributed by atoms with Crippen LogP contribution in [0.4, 0.5) is 18.9 Å². The van der Waals surface area contributed by atoms with Gasteiger partial charge in [-0.05, 0) is 44.9 Å². The SMILES string of the molecule is Cc1cc(C)c(NC(=O)C(C)Sc2nc(C(F)(F)F)nc3ccccc23)c(C)c1. The summed E-state index contributed by atoms with van der Waals surface area (Å²) in [6.45, 7) is 7.42. The lowest BCUT2D eigenvalue weighted by Crippen LogP contribution is -2.24. The summed E-state index contributed by atoms with van der Waals surface area (Å²) < 4.78 is 39.6. The van der Waals surface area contributed by atoms with Crippen LogP contribution in [0.3, 0.4) is 0 Å². The molecule has 2 aromatic carbocycles. The predicted octanol–water partition coefficient (Wildman–Crippen LogP) is 5.69. The molecule has 1 amide bonds. The van der Waals surface area contributed by atoms with Crippen LogP contribution in [0.1, 0.15) is 29.4 Å². The molecule has 29 heavy (non-hydrogen) atoms. The minimum Gasteiger partial charge on any atom is -0.325 e. The zero-order valence-corrected chi connectivity index (χ0v) is 17.2. The molecule has 1 atom stereocenters. The zero-order valence-electron chi connectivity index (χ0n) is 16.4. The summed E-state index contributed by atoms with van der Waals surface area (Å²) in [6.07, 6.45) is -4.67. The van der Waals surface area contributed by atoms with Crippen LogP contribution in [0.25, 0.3) is 10.9 Å². The Hall–Kier alpha value is -2.61. The summed E-state index contributed by atoms with van der Waals surface area (Å²) in [6, 6.07) is 10.4. The number of benzene rings is 2. The first-order valence-corrected chi connectivity index (χ1v) is 9.83. The molecule has 0 saturated carbocycles. The Bertz CT molecular complexity index is 1060. The predicted molar refractivity (Wildman–Crippen MR) is 109 cm³/mol. The molecule has 0 fully saturated rings. The number of amides is 1. The summed E-state index contributed by atoms with van der Waals surface area (Å²) in [5.74, 6) is -1.52. The molecule has 152 valence electrons. The van der Waals surface area contributed by atoms with E-state index in [0.29, 0.717) is 5.39 Å². The van der Waals surface area contributed by atoms with Crippen molar-refractivity contribution in [3.8, 4) is 0 Å². The molecule has 3 aromatic rings. The Morgan fingerprint density at radius 2 is 1.69 bits per heavy atom. The normalized spacial score (nSPS) is 12.8. The number of nitrogens with one attached hydrogen (secondary N) is 1. The summed E-state index contributed by atoms with van der Waals surface area (Å²) in [7, 11) is 0. The third kappa shape index (κ3) is 4.70. The van der Waals surface area contributed by atoms with Crippen molar-refractivity contribution in [2.24, 2.45) is 0 Å². The molecule has 1 unspecified atom stereocenters.